The lowest BCUT2D eigenvalue weighted by atomic mass is 10.0. The molecule has 1 aliphatic heterocycles. The highest BCUT2D eigenvalue weighted by atomic mass is 16.1. The Bertz CT molecular complexity index is 931. The van der Waals surface area contributed by atoms with Gasteiger partial charge in [-0.1, -0.05) is 0 Å². The highest BCUT2D eigenvalue weighted by Gasteiger charge is 2.10. The molecule has 124 valence electrons. The average Bonchev–Trinajstić information content (AvgIpc) is 3.31. The van der Waals surface area contributed by atoms with E-state index in [1.54, 1.807) is 24.7 Å². The number of aromatic amines is 1. The van der Waals surface area contributed by atoms with E-state index in [2.05, 4.69) is 25.8 Å². The maximum Gasteiger partial charge on any atom is 0.248 e. The van der Waals surface area contributed by atoms with Gasteiger partial charge in [-0.25, -0.2) is 0 Å². The number of pyridine rings is 1. The van der Waals surface area contributed by atoms with E-state index in [0.29, 0.717) is 0 Å². The van der Waals surface area contributed by atoms with E-state index >= 15 is 0 Å². The van der Waals surface area contributed by atoms with E-state index < -0.39 is 0 Å². The first-order chi connectivity index (χ1) is 12.3. The van der Waals surface area contributed by atoms with E-state index in [-0.39, 0.29) is 5.91 Å². The van der Waals surface area contributed by atoms with Gasteiger partial charge in [0.1, 0.15) is 0 Å². The second-order valence-corrected chi connectivity index (χ2v) is 5.82. The minimum absolute atomic E-state index is 0.173. The molecule has 3 aromatic rings. The third-order valence-corrected chi connectivity index (χ3v) is 4.16. The predicted molar refractivity (Wildman–Crippen MR) is 98.1 cm³/mol. The number of nitrogens with one attached hydrogen (secondary N) is 3. The number of hydrogen-bond donors (Lipinski definition) is 3. The van der Waals surface area contributed by atoms with Crippen molar-refractivity contribution in [1.82, 2.24) is 15.2 Å². The Morgan fingerprint density at radius 3 is 3.08 bits per heavy atom. The number of anilines is 2. The zero-order valence-corrected chi connectivity index (χ0v) is 13.5. The number of rotatable bonds is 4. The van der Waals surface area contributed by atoms with Gasteiger partial charge in [-0.3, -0.25) is 14.9 Å². The second kappa shape index (κ2) is 6.60. The van der Waals surface area contributed by atoms with Crippen LogP contribution in [0.3, 0.4) is 0 Å². The molecule has 25 heavy (non-hydrogen) atoms. The summed E-state index contributed by atoms with van der Waals surface area (Å²) >= 11 is 0. The molecule has 4 rings (SSSR count). The number of nitrogens with zero attached hydrogens (tertiary/aromatic N) is 2. The molecule has 6 heteroatoms. The lowest BCUT2D eigenvalue weighted by Gasteiger charge is -2.06. The summed E-state index contributed by atoms with van der Waals surface area (Å²) in [5, 5.41) is 13.0. The normalized spacial score (nSPS) is 12.8. The number of carbonyl (C=O) groups excluding carboxylic acids is 1. The molecular weight excluding hydrogens is 314 g/mol. The number of hydrogen-bond acceptors (Lipinski definition) is 4. The molecule has 0 saturated carbocycles. The Hall–Kier alpha value is -3.41. The molecular formula is C19H17N5O. The summed E-state index contributed by atoms with van der Waals surface area (Å²) in [5.74, 6) is -0.173. The van der Waals surface area contributed by atoms with Gasteiger partial charge in [0.2, 0.25) is 5.91 Å². The molecule has 3 N–H and O–H groups in total. The summed E-state index contributed by atoms with van der Waals surface area (Å²) in [7, 11) is 0. The van der Waals surface area contributed by atoms with E-state index in [0.717, 1.165) is 41.0 Å². The summed E-state index contributed by atoms with van der Waals surface area (Å²) in [4.78, 5) is 16.4. The van der Waals surface area contributed by atoms with E-state index in [9.17, 15) is 4.79 Å². The lowest BCUT2D eigenvalue weighted by Crippen LogP contribution is -2.07. The standard InChI is InChI=1S/C19H17N5O/c25-19(24-16-2-3-18-13(9-16)5-8-21-18)4-1-14-10-20-7-6-17(14)15-11-22-23-12-15/h1-4,6-7,9-12,21H,5,8H2,(H,22,23)(H,24,25)/b4-1+. The first-order valence-corrected chi connectivity index (χ1v) is 8.08. The largest absolute Gasteiger partial charge is 0.384 e. The van der Waals surface area contributed by atoms with Crippen LogP contribution in [0, 0.1) is 0 Å². The Morgan fingerprint density at radius 1 is 1.24 bits per heavy atom. The molecule has 1 aromatic carbocycles. The van der Waals surface area contributed by atoms with Crippen molar-refractivity contribution in [2.45, 2.75) is 6.42 Å². The highest BCUT2D eigenvalue weighted by Crippen LogP contribution is 2.25. The van der Waals surface area contributed by atoms with Gasteiger partial charge in [-0.05, 0) is 47.9 Å². The molecule has 2 aromatic heterocycles. The van der Waals surface area contributed by atoms with Crippen molar-refractivity contribution in [3.05, 3.63) is 66.3 Å². The topological polar surface area (TPSA) is 82.7 Å². The second-order valence-electron chi connectivity index (χ2n) is 5.82. The van der Waals surface area contributed by atoms with Crippen LogP contribution in [0.5, 0.6) is 0 Å². The van der Waals surface area contributed by atoms with Gasteiger partial charge in [0.15, 0.2) is 0 Å². The summed E-state index contributed by atoms with van der Waals surface area (Å²) in [6, 6.07) is 7.82. The molecule has 0 saturated heterocycles. The van der Waals surface area contributed by atoms with Crippen LogP contribution in [-0.4, -0.2) is 27.6 Å². The van der Waals surface area contributed by atoms with Gasteiger partial charge in [0.05, 0.1) is 6.20 Å². The number of amides is 1. The molecule has 0 unspecified atom stereocenters. The molecule has 0 bridgehead atoms. The van der Waals surface area contributed by atoms with E-state index in [1.165, 1.54) is 11.6 Å². The summed E-state index contributed by atoms with van der Waals surface area (Å²) in [5.41, 5.74) is 5.96. The first-order valence-electron chi connectivity index (χ1n) is 8.08. The molecule has 0 fully saturated rings. The fourth-order valence-corrected chi connectivity index (χ4v) is 2.93. The average molecular weight is 331 g/mol. The Labute approximate surface area is 145 Å². The molecule has 1 amide bonds. The van der Waals surface area contributed by atoms with Gasteiger partial charge in [-0.2, -0.15) is 5.10 Å². The Kier molecular flexibility index (Phi) is 4.00. The number of carbonyl (C=O) groups is 1. The third-order valence-electron chi connectivity index (χ3n) is 4.16. The van der Waals surface area contributed by atoms with Crippen LogP contribution >= 0.6 is 0 Å². The molecule has 3 heterocycles. The monoisotopic (exact) mass is 331 g/mol. The van der Waals surface area contributed by atoms with Gasteiger partial charge in [-0.15, -0.1) is 0 Å². The number of fused-ring (bicyclic) bond motifs is 1. The minimum Gasteiger partial charge on any atom is -0.384 e. The highest BCUT2D eigenvalue weighted by molar-refractivity contribution is 6.02. The van der Waals surface area contributed by atoms with Crippen molar-refractivity contribution in [3.8, 4) is 11.1 Å². The van der Waals surface area contributed by atoms with Crippen LogP contribution in [0.2, 0.25) is 0 Å². The quantitative estimate of drug-likeness (QED) is 0.642. The van der Waals surface area contributed by atoms with Crippen molar-refractivity contribution in [2.24, 2.45) is 0 Å². The summed E-state index contributed by atoms with van der Waals surface area (Å²) in [6.45, 7) is 0.949. The van der Waals surface area contributed by atoms with Gasteiger partial charge < -0.3 is 10.6 Å². The smallest absolute Gasteiger partial charge is 0.248 e. The zero-order valence-electron chi connectivity index (χ0n) is 13.5. The van der Waals surface area contributed by atoms with Crippen molar-refractivity contribution >= 4 is 23.4 Å². The van der Waals surface area contributed by atoms with Crippen LogP contribution in [0.1, 0.15) is 11.1 Å². The van der Waals surface area contributed by atoms with Crippen LogP contribution in [-0.2, 0) is 11.2 Å². The molecule has 0 spiro atoms. The lowest BCUT2D eigenvalue weighted by molar-refractivity contribution is -0.111. The Morgan fingerprint density at radius 2 is 2.20 bits per heavy atom. The summed E-state index contributed by atoms with van der Waals surface area (Å²) < 4.78 is 0. The maximum atomic E-state index is 12.2. The van der Waals surface area contributed by atoms with Crippen LogP contribution in [0.4, 0.5) is 11.4 Å². The van der Waals surface area contributed by atoms with Crippen molar-refractivity contribution in [1.29, 1.82) is 0 Å². The molecule has 0 aliphatic carbocycles. The molecule has 1 aliphatic rings. The molecule has 0 atom stereocenters. The van der Waals surface area contributed by atoms with E-state index in [1.807, 2.05) is 30.5 Å². The molecule has 6 nitrogen and oxygen atoms in total. The number of H-pyrrole nitrogens is 1. The van der Waals surface area contributed by atoms with Crippen LogP contribution in [0.25, 0.3) is 17.2 Å². The molecule has 0 radical (unpaired) electrons. The van der Waals surface area contributed by atoms with Crippen LogP contribution in [0.15, 0.2) is 55.1 Å². The van der Waals surface area contributed by atoms with Crippen LogP contribution < -0.4 is 10.6 Å². The number of aromatic nitrogens is 3. The van der Waals surface area contributed by atoms with Crippen molar-refractivity contribution in [2.75, 3.05) is 17.2 Å². The number of benzene rings is 1. The van der Waals surface area contributed by atoms with Gasteiger partial charge in [0.25, 0.3) is 0 Å². The maximum absolute atomic E-state index is 12.2. The summed E-state index contributed by atoms with van der Waals surface area (Å²) in [6.07, 6.45) is 11.3. The van der Waals surface area contributed by atoms with Crippen molar-refractivity contribution in [3.63, 3.8) is 0 Å². The SMILES string of the molecule is O=C(/C=C/c1cnccc1-c1cn[nH]c1)Nc1ccc2c(c1)CCN2. The Balaban J connectivity index is 1.50. The fraction of sp³-hybridized carbons (Fsp3) is 0.105. The van der Waals surface area contributed by atoms with Crippen molar-refractivity contribution < 1.29 is 4.79 Å². The first kappa shape index (κ1) is 15.1. The minimum atomic E-state index is -0.173. The fourth-order valence-electron chi connectivity index (χ4n) is 2.93. The zero-order chi connectivity index (χ0) is 17.1. The van der Waals surface area contributed by atoms with Gasteiger partial charge >= 0.3 is 0 Å². The van der Waals surface area contributed by atoms with Gasteiger partial charge in [0, 0.05) is 53.7 Å². The van der Waals surface area contributed by atoms with E-state index in [4.69, 9.17) is 0 Å². The predicted octanol–water partition coefficient (Wildman–Crippen LogP) is 3.09. The third kappa shape index (κ3) is 3.28.